The van der Waals surface area contributed by atoms with Crippen LogP contribution in [0.25, 0.3) is 94.9 Å². The molecule has 330 valence electrons. The van der Waals surface area contributed by atoms with Gasteiger partial charge in [0.05, 0.1) is 16.7 Å². The Balaban J connectivity index is 1.00. The molecule has 0 amide bonds. The molecular weight excluding hydrogens is 845 g/mol. The van der Waals surface area contributed by atoms with Crippen molar-refractivity contribution < 1.29 is 0 Å². The monoisotopic (exact) mass is 892 g/mol. The number of rotatable bonds is 9. The normalized spacial score (nSPS) is 13.2. The molecule has 1 aliphatic rings. The van der Waals surface area contributed by atoms with E-state index < -0.39 is 0 Å². The minimum Gasteiger partial charge on any atom is -0.310 e. The summed E-state index contributed by atoms with van der Waals surface area (Å²) in [6.07, 6.45) is 5.96. The number of aromatic nitrogens is 1. The Kier molecular flexibility index (Phi) is 10.4. The van der Waals surface area contributed by atoms with Crippen LogP contribution in [0.15, 0.2) is 261 Å². The predicted molar refractivity (Wildman–Crippen MR) is 297 cm³/mol. The van der Waals surface area contributed by atoms with Crippen molar-refractivity contribution in [1.82, 2.24) is 4.57 Å². The summed E-state index contributed by atoms with van der Waals surface area (Å²) in [5, 5.41) is 7.68. The standard InChI is InChI=1S/C68H48N2/c1-5-22-47(23-6-1)56-34-15-17-39-63(56)69(55-33-20-29-52(45-55)57-38-21-41-65-68(57)61-37-16-18-40-64(61)70(65)53-30-11-4-12-31-53)54-32-19-28-50(44-54)51-42-43-59-58-35-13-14-36-60(58)66(48-24-7-2-8-25-48)67(62(59)46-51)49-26-9-3-10-27-49/h1-41,43-46,51H,42H2. The third-order valence-corrected chi connectivity index (χ3v) is 14.3. The van der Waals surface area contributed by atoms with Crippen LogP contribution in [0, 0.1) is 0 Å². The molecule has 1 atom stereocenters. The average Bonchev–Trinajstić information content (AvgIpc) is 3.78. The van der Waals surface area contributed by atoms with E-state index in [4.69, 9.17) is 0 Å². The van der Waals surface area contributed by atoms with Gasteiger partial charge in [0.1, 0.15) is 0 Å². The lowest BCUT2D eigenvalue weighted by Crippen LogP contribution is -2.32. The zero-order valence-corrected chi connectivity index (χ0v) is 38.7. The van der Waals surface area contributed by atoms with Crippen LogP contribution in [0.4, 0.5) is 17.1 Å². The van der Waals surface area contributed by atoms with Crippen LogP contribution >= 0.6 is 0 Å². The van der Waals surface area contributed by atoms with Gasteiger partial charge in [-0.1, -0.05) is 218 Å². The highest BCUT2D eigenvalue weighted by Gasteiger charge is 2.23. The summed E-state index contributed by atoms with van der Waals surface area (Å²) in [5.74, 6) is 0.150. The fraction of sp³-hybridized carbons (Fsp3) is 0.0294. The number of fused-ring (bicyclic) bond motifs is 6. The molecule has 1 heterocycles. The Bertz CT molecular complexity index is 4020. The molecule has 0 saturated carbocycles. The first-order valence-electron chi connectivity index (χ1n) is 24.4. The summed E-state index contributed by atoms with van der Waals surface area (Å²) >= 11 is 0. The van der Waals surface area contributed by atoms with Gasteiger partial charge in [-0.2, -0.15) is 0 Å². The Hall–Kier alpha value is -8.98. The Morgan fingerprint density at radius 3 is 1.67 bits per heavy atom. The van der Waals surface area contributed by atoms with Gasteiger partial charge in [0.2, 0.25) is 0 Å². The molecule has 1 aromatic heterocycles. The van der Waals surface area contributed by atoms with Crippen LogP contribution in [-0.2, 0) is 0 Å². The van der Waals surface area contributed by atoms with E-state index in [9.17, 15) is 0 Å². The number of benzene rings is 11. The first kappa shape index (κ1) is 41.2. The molecule has 0 fully saturated rings. The minimum atomic E-state index is 0.150. The maximum Gasteiger partial charge on any atom is 0.0547 e. The fourth-order valence-electron chi connectivity index (χ4n) is 11.2. The van der Waals surface area contributed by atoms with Gasteiger partial charge in [0, 0.05) is 39.3 Å². The van der Waals surface area contributed by atoms with Crippen molar-refractivity contribution in [2.24, 2.45) is 0 Å². The summed E-state index contributed by atoms with van der Waals surface area (Å²) in [4.78, 5) is 2.47. The van der Waals surface area contributed by atoms with Gasteiger partial charge in [0.15, 0.2) is 0 Å². The summed E-state index contributed by atoms with van der Waals surface area (Å²) < 4.78 is 2.40. The molecule has 1 aliphatic carbocycles. The van der Waals surface area contributed by atoms with Crippen LogP contribution < -0.4 is 15.3 Å². The van der Waals surface area contributed by atoms with Gasteiger partial charge >= 0.3 is 0 Å². The minimum absolute atomic E-state index is 0.150. The van der Waals surface area contributed by atoms with Crippen molar-refractivity contribution >= 4 is 61.8 Å². The van der Waals surface area contributed by atoms with Gasteiger partial charge in [-0.05, 0) is 127 Å². The van der Waals surface area contributed by atoms with E-state index in [1.165, 1.54) is 93.1 Å². The Morgan fingerprint density at radius 1 is 0.371 bits per heavy atom. The van der Waals surface area contributed by atoms with E-state index in [-0.39, 0.29) is 5.92 Å². The van der Waals surface area contributed by atoms with E-state index >= 15 is 0 Å². The molecule has 2 nitrogen and oxygen atoms in total. The molecular formula is C68H48N2. The first-order valence-corrected chi connectivity index (χ1v) is 24.4. The predicted octanol–water partition coefficient (Wildman–Crippen LogP) is 16.8. The van der Waals surface area contributed by atoms with Crippen LogP contribution in [0.2, 0.25) is 0 Å². The van der Waals surface area contributed by atoms with Gasteiger partial charge in [0.25, 0.3) is 0 Å². The van der Waals surface area contributed by atoms with E-state index in [1.807, 2.05) is 0 Å². The summed E-state index contributed by atoms with van der Waals surface area (Å²) in [7, 11) is 0. The zero-order chi connectivity index (χ0) is 46.4. The molecule has 11 aromatic carbocycles. The fourth-order valence-corrected chi connectivity index (χ4v) is 11.2. The highest BCUT2D eigenvalue weighted by atomic mass is 15.1. The van der Waals surface area contributed by atoms with Gasteiger partial charge in [-0.15, -0.1) is 0 Å². The molecule has 0 spiro atoms. The molecule has 0 aliphatic heterocycles. The number of hydrogen-bond donors (Lipinski definition) is 0. The van der Waals surface area contributed by atoms with Crippen molar-refractivity contribution in [3.8, 4) is 50.2 Å². The van der Waals surface area contributed by atoms with Crippen molar-refractivity contribution in [2.45, 2.75) is 12.3 Å². The first-order chi connectivity index (χ1) is 34.8. The van der Waals surface area contributed by atoms with Gasteiger partial charge < -0.3 is 9.47 Å². The zero-order valence-electron chi connectivity index (χ0n) is 38.7. The van der Waals surface area contributed by atoms with Gasteiger partial charge in [-0.3, -0.25) is 0 Å². The molecule has 13 rings (SSSR count). The summed E-state index contributed by atoms with van der Waals surface area (Å²) in [6, 6.07) is 95.3. The number of nitrogens with zero attached hydrogens (tertiary/aromatic N) is 2. The van der Waals surface area contributed by atoms with Crippen LogP contribution in [0.3, 0.4) is 0 Å². The van der Waals surface area contributed by atoms with Crippen LogP contribution in [0.1, 0.15) is 17.9 Å². The highest BCUT2D eigenvalue weighted by molar-refractivity contribution is 6.16. The lowest BCUT2D eigenvalue weighted by molar-refractivity contribution is 0.922. The molecule has 0 radical (unpaired) electrons. The second-order valence-corrected chi connectivity index (χ2v) is 18.3. The van der Waals surface area contributed by atoms with Crippen molar-refractivity contribution in [1.29, 1.82) is 0 Å². The molecule has 2 heteroatoms. The second kappa shape index (κ2) is 17.6. The third-order valence-electron chi connectivity index (χ3n) is 14.3. The quantitative estimate of drug-likeness (QED) is 0.140. The Morgan fingerprint density at radius 2 is 0.914 bits per heavy atom. The van der Waals surface area contributed by atoms with Gasteiger partial charge in [-0.25, -0.2) is 0 Å². The second-order valence-electron chi connectivity index (χ2n) is 18.3. The smallest absolute Gasteiger partial charge is 0.0547 e. The number of para-hydroxylation sites is 3. The van der Waals surface area contributed by atoms with Crippen molar-refractivity contribution in [2.75, 3.05) is 4.90 Å². The van der Waals surface area contributed by atoms with E-state index in [2.05, 4.69) is 282 Å². The Labute approximate surface area is 408 Å². The molecule has 1 unspecified atom stereocenters. The molecule has 0 bridgehead atoms. The molecule has 12 aromatic rings. The molecule has 0 saturated heterocycles. The van der Waals surface area contributed by atoms with Crippen LogP contribution in [0.5, 0.6) is 0 Å². The van der Waals surface area contributed by atoms with E-state index in [0.717, 1.165) is 29.2 Å². The maximum absolute atomic E-state index is 2.56. The van der Waals surface area contributed by atoms with Crippen molar-refractivity contribution in [3.63, 3.8) is 0 Å². The SMILES string of the molecule is C1=c2c(-c3ccccc3)c(-c3ccccc3)c3ccccc3c2=CCC1c1cccc(N(c2cccc(-c3cccc4c3c3ccccc3n4-c3ccccc3)c2)c2ccccc2-c2ccccc2)c1. The average molecular weight is 893 g/mol. The van der Waals surface area contributed by atoms with Crippen molar-refractivity contribution in [3.05, 3.63) is 277 Å². The molecule has 0 N–H and O–H groups in total. The third kappa shape index (κ3) is 7.12. The lowest BCUT2D eigenvalue weighted by atomic mass is 9.82. The molecule has 70 heavy (non-hydrogen) atoms. The maximum atomic E-state index is 2.56. The topological polar surface area (TPSA) is 8.17 Å². The van der Waals surface area contributed by atoms with E-state index in [0.29, 0.717) is 0 Å². The van der Waals surface area contributed by atoms with E-state index in [1.54, 1.807) is 0 Å². The largest absolute Gasteiger partial charge is 0.310 e. The lowest BCUT2D eigenvalue weighted by Gasteiger charge is -2.29. The van der Waals surface area contributed by atoms with Crippen LogP contribution in [-0.4, -0.2) is 4.57 Å². The summed E-state index contributed by atoms with van der Waals surface area (Å²) in [5.41, 5.74) is 17.9. The highest BCUT2D eigenvalue weighted by Crippen LogP contribution is 2.45. The summed E-state index contributed by atoms with van der Waals surface area (Å²) in [6.45, 7) is 0. The number of hydrogen-bond acceptors (Lipinski definition) is 1. The number of anilines is 3.